The molecule has 0 bridgehead atoms. The summed E-state index contributed by atoms with van der Waals surface area (Å²) in [6.07, 6.45) is 3.29. The zero-order valence-corrected chi connectivity index (χ0v) is 7.65. The topological polar surface area (TPSA) is 12.4 Å². The molecule has 0 amide bonds. The predicted molar refractivity (Wildman–Crippen MR) is 51.2 cm³/mol. The zero-order chi connectivity index (χ0) is 8.55. The molecule has 1 unspecified atom stereocenters. The van der Waals surface area contributed by atoms with Crippen LogP contribution in [0.4, 0.5) is 0 Å². The van der Waals surface area contributed by atoms with Gasteiger partial charge in [-0.25, -0.2) is 0 Å². The van der Waals surface area contributed by atoms with E-state index in [1.165, 1.54) is 11.1 Å². The summed E-state index contributed by atoms with van der Waals surface area (Å²) in [5.74, 6) is 6.34. The zero-order valence-electron chi connectivity index (χ0n) is 7.65. The molecule has 0 spiro atoms. The molecule has 2 aliphatic rings. The standard InChI is InChI=1S/C11H13N/c1-3-11-10-7-5-4-6-9(10)8(2)12-11/h11H,3,5,7H2,1-2H3. The van der Waals surface area contributed by atoms with Crippen LogP contribution in [0.25, 0.3) is 0 Å². The van der Waals surface area contributed by atoms with Gasteiger partial charge < -0.3 is 0 Å². The molecule has 2 rings (SSSR count). The molecule has 0 aromatic heterocycles. The third-order valence-electron chi connectivity index (χ3n) is 2.55. The monoisotopic (exact) mass is 159 g/mol. The number of allylic oxidation sites excluding steroid dienone is 1. The van der Waals surface area contributed by atoms with Gasteiger partial charge in [0.25, 0.3) is 0 Å². The van der Waals surface area contributed by atoms with Crippen LogP contribution in [-0.4, -0.2) is 11.8 Å². The molecule has 0 aromatic rings. The number of nitrogens with zero attached hydrogens (tertiary/aromatic N) is 1. The Morgan fingerprint density at radius 1 is 1.58 bits per heavy atom. The summed E-state index contributed by atoms with van der Waals surface area (Å²) < 4.78 is 0. The molecule has 12 heavy (non-hydrogen) atoms. The SMILES string of the molecule is CCC1N=C(C)C2=C1CCC#C2. The van der Waals surface area contributed by atoms with Crippen molar-refractivity contribution < 1.29 is 0 Å². The average molecular weight is 159 g/mol. The Hall–Kier alpha value is -1.03. The summed E-state index contributed by atoms with van der Waals surface area (Å²) >= 11 is 0. The van der Waals surface area contributed by atoms with Crippen molar-refractivity contribution in [3.63, 3.8) is 0 Å². The first-order valence-corrected chi connectivity index (χ1v) is 4.59. The number of aliphatic imine (C=N–C) groups is 1. The van der Waals surface area contributed by atoms with Crippen molar-refractivity contribution in [2.24, 2.45) is 4.99 Å². The first-order chi connectivity index (χ1) is 5.83. The van der Waals surface area contributed by atoms with E-state index in [9.17, 15) is 0 Å². The molecule has 0 saturated carbocycles. The first kappa shape index (κ1) is 7.61. The predicted octanol–water partition coefficient (Wildman–Crippen LogP) is 2.33. The van der Waals surface area contributed by atoms with E-state index in [1.54, 1.807) is 0 Å². The van der Waals surface area contributed by atoms with Gasteiger partial charge in [0.05, 0.1) is 6.04 Å². The maximum atomic E-state index is 4.59. The molecule has 1 aliphatic heterocycles. The summed E-state index contributed by atoms with van der Waals surface area (Å²) in [7, 11) is 0. The Balaban J connectivity index is 2.40. The average Bonchev–Trinajstić information content (AvgIpc) is 2.44. The van der Waals surface area contributed by atoms with E-state index in [0.29, 0.717) is 6.04 Å². The normalized spacial score (nSPS) is 26.2. The number of rotatable bonds is 1. The van der Waals surface area contributed by atoms with Crippen molar-refractivity contribution in [2.75, 3.05) is 0 Å². The second kappa shape index (κ2) is 2.79. The molecule has 1 atom stereocenters. The van der Waals surface area contributed by atoms with E-state index >= 15 is 0 Å². The summed E-state index contributed by atoms with van der Waals surface area (Å²) in [6, 6.07) is 0.453. The minimum atomic E-state index is 0.453. The first-order valence-electron chi connectivity index (χ1n) is 4.59. The smallest absolute Gasteiger partial charge is 0.0726 e. The van der Waals surface area contributed by atoms with Gasteiger partial charge in [-0.1, -0.05) is 18.8 Å². The maximum absolute atomic E-state index is 4.59. The summed E-state index contributed by atoms with van der Waals surface area (Å²) in [6.45, 7) is 4.27. The van der Waals surface area contributed by atoms with Crippen LogP contribution >= 0.6 is 0 Å². The van der Waals surface area contributed by atoms with E-state index < -0.39 is 0 Å². The van der Waals surface area contributed by atoms with Gasteiger partial charge in [-0.05, 0) is 25.3 Å². The van der Waals surface area contributed by atoms with Crippen molar-refractivity contribution >= 4 is 5.71 Å². The molecule has 1 nitrogen and oxygen atoms in total. The van der Waals surface area contributed by atoms with Crippen molar-refractivity contribution in [2.45, 2.75) is 39.2 Å². The summed E-state index contributed by atoms with van der Waals surface area (Å²) in [4.78, 5) is 4.59. The Morgan fingerprint density at radius 3 is 3.17 bits per heavy atom. The largest absolute Gasteiger partial charge is 0.281 e. The van der Waals surface area contributed by atoms with Crippen LogP contribution < -0.4 is 0 Å². The van der Waals surface area contributed by atoms with E-state index in [1.807, 2.05) is 0 Å². The fourth-order valence-electron chi connectivity index (χ4n) is 1.92. The van der Waals surface area contributed by atoms with E-state index in [2.05, 4.69) is 30.7 Å². The second-order valence-electron chi connectivity index (χ2n) is 3.34. The Bertz CT molecular complexity index is 323. The minimum absolute atomic E-state index is 0.453. The highest BCUT2D eigenvalue weighted by atomic mass is 14.8. The lowest BCUT2D eigenvalue weighted by Gasteiger charge is -2.10. The van der Waals surface area contributed by atoms with Crippen LogP contribution in [0.3, 0.4) is 0 Å². The third kappa shape index (κ3) is 0.992. The lowest BCUT2D eigenvalue weighted by molar-refractivity contribution is 0.716. The molecule has 0 saturated heterocycles. The van der Waals surface area contributed by atoms with Crippen LogP contribution in [0, 0.1) is 11.8 Å². The van der Waals surface area contributed by atoms with E-state index in [0.717, 1.165) is 25.0 Å². The molecule has 0 fully saturated rings. The third-order valence-corrected chi connectivity index (χ3v) is 2.55. The molecule has 1 heteroatoms. The highest BCUT2D eigenvalue weighted by Crippen LogP contribution is 2.29. The molecule has 0 N–H and O–H groups in total. The van der Waals surface area contributed by atoms with Gasteiger partial charge in [0, 0.05) is 17.7 Å². The molecule has 62 valence electrons. The van der Waals surface area contributed by atoms with Gasteiger partial charge in [0.15, 0.2) is 0 Å². The van der Waals surface area contributed by atoms with Crippen molar-refractivity contribution in [1.29, 1.82) is 0 Å². The van der Waals surface area contributed by atoms with Gasteiger partial charge in [-0.3, -0.25) is 4.99 Å². The lowest BCUT2D eigenvalue weighted by Crippen LogP contribution is -2.05. The van der Waals surface area contributed by atoms with Gasteiger partial charge in [0.2, 0.25) is 0 Å². The highest BCUT2D eigenvalue weighted by molar-refractivity contribution is 6.05. The second-order valence-corrected chi connectivity index (χ2v) is 3.34. The summed E-state index contributed by atoms with van der Waals surface area (Å²) in [5.41, 5.74) is 3.89. The van der Waals surface area contributed by atoms with Gasteiger partial charge >= 0.3 is 0 Å². The fraction of sp³-hybridized carbons (Fsp3) is 0.545. The van der Waals surface area contributed by atoms with Crippen LogP contribution in [0.1, 0.15) is 33.1 Å². The Labute approximate surface area is 73.6 Å². The molecular formula is C11H13N. The minimum Gasteiger partial charge on any atom is -0.281 e. The quantitative estimate of drug-likeness (QED) is 0.521. The van der Waals surface area contributed by atoms with Gasteiger partial charge in [0.1, 0.15) is 0 Å². The molecule has 0 radical (unpaired) electrons. The maximum Gasteiger partial charge on any atom is 0.0726 e. The summed E-state index contributed by atoms with van der Waals surface area (Å²) in [5, 5.41) is 0. The number of hydrogen-bond acceptors (Lipinski definition) is 1. The molecule has 1 heterocycles. The van der Waals surface area contributed by atoms with Crippen LogP contribution in [0.15, 0.2) is 16.1 Å². The van der Waals surface area contributed by atoms with E-state index in [4.69, 9.17) is 0 Å². The fourth-order valence-corrected chi connectivity index (χ4v) is 1.92. The van der Waals surface area contributed by atoms with Crippen molar-refractivity contribution in [3.05, 3.63) is 11.1 Å². The van der Waals surface area contributed by atoms with Crippen LogP contribution in [-0.2, 0) is 0 Å². The van der Waals surface area contributed by atoms with Crippen LogP contribution in [0.5, 0.6) is 0 Å². The lowest BCUT2D eigenvalue weighted by atomic mass is 9.94. The van der Waals surface area contributed by atoms with Crippen molar-refractivity contribution in [1.82, 2.24) is 0 Å². The van der Waals surface area contributed by atoms with Gasteiger partial charge in [-0.2, -0.15) is 0 Å². The molecular weight excluding hydrogens is 146 g/mol. The Morgan fingerprint density at radius 2 is 2.42 bits per heavy atom. The van der Waals surface area contributed by atoms with Gasteiger partial charge in [-0.15, -0.1) is 0 Å². The molecule has 0 aromatic carbocycles. The van der Waals surface area contributed by atoms with Crippen LogP contribution in [0.2, 0.25) is 0 Å². The number of hydrogen-bond donors (Lipinski definition) is 0. The molecule has 1 aliphatic carbocycles. The Kier molecular flexibility index (Phi) is 1.77. The van der Waals surface area contributed by atoms with Crippen molar-refractivity contribution in [3.8, 4) is 11.8 Å². The highest BCUT2D eigenvalue weighted by Gasteiger charge is 2.24. The van der Waals surface area contributed by atoms with E-state index in [-0.39, 0.29) is 0 Å².